The molecule has 0 bridgehead atoms. The molecular formula is C22H21FN4O. The van der Waals surface area contributed by atoms with Crippen LogP contribution in [0.5, 0.6) is 0 Å². The van der Waals surface area contributed by atoms with E-state index in [4.69, 9.17) is 0 Å². The first-order chi connectivity index (χ1) is 13.6. The third-order valence-electron chi connectivity index (χ3n) is 4.93. The molecule has 5 nitrogen and oxygen atoms in total. The molecule has 1 atom stereocenters. The summed E-state index contributed by atoms with van der Waals surface area (Å²) in [5.41, 5.74) is 2.54. The van der Waals surface area contributed by atoms with E-state index >= 15 is 0 Å². The van der Waals surface area contributed by atoms with Crippen molar-refractivity contribution >= 4 is 16.8 Å². The highest BCUT2D eigenvalue weighted by Gasteiger charge is 2.23. The van der Waals surface area contributed by atoms with E-state index in [1.807, 2.05) is 37.5 Å². The predicted molar refractivity (Wildman–Crippen MR) is 106 cm³/mol. The molecule has 0 radical (unpaired) electrons. The molecule has 2 N–H and O–H groups in total. The molecular weight excluding hydrogens is 355 g/mol. The lowest BCUT2D eigenvalue weighted by Crippen LogP contribution is -2.31. The summed E-state index contributed by atoms with van der Waals surface area (Å²) < 4.78 is 16.2. The molecule has 0 aliphatic carbocycles. The Labute approximate surface area is 162 Å². The van der Waals surface area contributed by atoms with Gasteiger partial charge in [0.25, 0.3) is 0 Å². The second kappa shape index (κ2) is 7.68. The van der Waals surface area contributed by atoms with E-state index in [0.29, 0.717) is 24.2 Å². The van der Waals surface area contributed by atoms with Crippen LogP contribution in [0.25, 0.3) is 10.9 Å². The Balaban J connectivity index is 1.53. The van der Waals surface area contributed by atoms with Gasteiger partial charge in [-0.05, 0) is 24.1 Å². The minimum Gasteiger partial charge on any atom is -0.361 e. The zero-order valence-electron chi connectivity index (χ0n) is 15.5. The lowest BCUT2D eigenvalue weighted by atomic mass is 10.0. The summed E-state index contributed by atoms with van der Waals surface area (Å²) in [6.07, 6.45) is 6.26. The van der Waals surface area contributed by atoms with E-state index in [2.05, 4.69) is 15.3 Å². The number of amides is 1. The van der Waals surface area contributed by atoms with Gasteiger partial charge < -0.3 is 14.9 Å². The first-order valence-electron chi connectivity index (χ1n) is 9.19. The standard InChI is InChI=1S/C22H21FN4O/c1-27-13-12-24-22(27)21(17-7-2-4-8-18(17)23)26-20(28)11-10-15-14-25-19-9-5-3-6-16(15)19/h2-9,12-14,21,25H,10-11H2,1H3,(H,26,28). The SMILES string of the molecule is Cn1ccnc1C(NC(=O)CCc1c[nH]c2ccccc12)c1ccccc1F. The quantitative estimate of drug-likeness (QED) is 0.536. The maximum Gasteiger partial charge on any atom is 0.221 e. The number of halogens is 1. The van der Waals surface area contributed by atoms with Gasteiger partial charge in [0.2, 0.25) is 5.91 Å². The van der Waals surface area contributed by atoms with E-state index in [1.165, 1.54) is 6.07 Å². The van der Waals surface area contributed by atoms with Crippen LogP contribution in [0, 0.1) is 5.82 Å². The van der Waals surface area contributed by atoms with Crippen LogP contribution < -0.4 is 5.32 Å². The van der Waals surface area contributed by atoms with Gasteiger partial charge in [-0.3, -0.25) is 4.79 Å². The van der Waals surface area contributed by atoms with Gasteiger partial charge in [-0.1, -0.05) is 36.4 Å². The van der Waals surface area contributed by atoms with Gasteiger partial charge >= 0.3 is 0 Å². The number of aryl methyl sites for hydroxylation is 2. The minimum atomic E-state index is -0.642. The second-order valence-electron chi connectivity index (χ2n) is 6.78. The van der Waals surface area contributed by atoms with E-state index in [9.17, 15) is 9.18 Å². The van der Waals surface area contributed by atoms with E-state index < -0.39 is 6.04 Å². The van der Waals surface area contributed by atoms with Crippen molar-refractivity contribution in [3.63, 3.8) is 0 Å². The molecule has 0 aliphatic rings. The highest BCUT2D eigenvalue weighted by atomic mass is 19.1. The van der Waals surface area contributed by atoms with Gasteiger partial charge in [0.1, 0.15) is 17.7 Å². The third-order valence-corrected chi connectivity index (χ3v) is 4.93. The molecule has 4 rings (SSSR count). The fourth-order valence-corrected chi connectivity index (χ4v) is 3.47. The molecule has 2 heterocycles. The van der Waals surface area contributed by atoms with Gasteiger partial charge in [-0.25, -0.2) is 9.37 Å². The molecule has 2 aromatic carbocycles. The summed E-state index contributed by atoms with van der Waals surface area (Å²) in [7, 11) is 1.83. The maximum atomic E-state index is 14.4. The van der Waals surface area contributed by atoms with Crippen molar-refractivity contribution in [3.8, 4) is 0 Å². The van der Waals surface area contributed by atoms with E-state index in [-0.39, 0.29) is 11.7 Å². The molecule has 0 saturated heterocycles. The Morgan fingerprint density at radius 2 is 2.00 bits per heavy atom. The number of imidazole rings is 1. The molecule has 6 heteroatoms. The second-order valence-corrected chi connectivity index (χ2v) is 6.78. The van der Waals surface area contributed by atoms with E-state index in [1.54, 1.807) is 35.2 Å². The summed E-state index contributed by atoms with van der Waals surface area (Å²) >= 11 is 0. The lowest BCUT2D eigenvalue weighted by Gasteiger charge is -2.19. The van der Waals surface area contributed by atoms with Crippen LogP contribution in [-0.2, 0) is 18.3 Å². The lowest BCUT2D eigenvalue weighted by molar-refractivity contribution is -0.121. The zero-order valence-corrected chi connectivity index (χ0v) is 15.5. The molecule has 0 spiro atoms. The summed E-state index contributed by atoms with van der Waals surface area (Å²) in [6, 6.07) is 13.8. The minimum absolute atomic E-state index is 0.151. The van der Waals surface area contributed by atoms with Crippen molar-refractivity contribution in [1.29, 1.82) is 0 Å². The number of aromatic nitrogens is 3. The Kier molecular flexibility index (Phi) is 4.93. The molecule has 28 heavy (non-hydrogen) atoms. The number of carbonyl (C=O) groups excluding carboxylic acids is 1. The van der Waals surface area contributed by atoms with E-state index in [0.717, 1.165) is 16.5 Å². The Bertz CT molecular complexity index is 1110. The number of fused-ring (bicyclic) bond motifs is 1. The van der Waals surface area contributed by atoms with Crippen molar-refractivity contribution in [1.82, 2.24) is 19.9 Å². The van der Waals surface area contributed by atoms with Crippen LogP contribution in [0.1, 0.15) is 29.4 Å². The fraction of sp³-hybridized carbons (Fsp3) is 0.182. The van der Waals surface area contributed by atoms with Crippen molar-refractivity contribution in [2.75, 3.05) is 0 Å². The molecule has 4 aromatic rings. The molecule has 142 valence electrons. The van der Waals surface area contributed by atoms with Gasteiger partial charge in [0.05, 0.1) is 0 Å². The first kappa shape index (κ1) is 18.0. The molecule has 0 fully saturated rings. The normalized spacial score (nSPS) is 12.2. The number of nitrogens with one attached hydrogen (secondary N) is 2. The number of nitrogens with zero attached hydrogens (tertiary/aromatic N) is 2. The molecule has 0 saturated carbocycles. The van der Waals surface area contributed by atoms with Crippen LogP contribution in [0.3, 0.4) is 0 Å². The zero-order chi connectivity index (χ0) is 19.5. The number of hydrogen-bond acceptors (Lipinski definition) is 2. The van der Waals surface area contributed by atoms with Crippen molar-refractivity contribution in [2.24, 2.45) is 7.05 Å². The largest absolute Gasteiger partial charge is 0.361 e. The number of benzene rings is 2. The van der Waals surface area contributed by atoms with Gasteiger partial charge in [0, 0.05) is 48.5 Å². The summed E-state index contributed by atoms with van der Waals surface area (Å²) in [5.74, 6) is 0.0690. The third kappa shape index (κ3) is 3.53. The molecule has 1 amide bonds. The van der Waals surface area contributed by atoms with Crippen LogP contribution in [0.15, 0.2) is 67.1 Å². The smallest absolute Gasteiger partial charge is 0.221 e. The van der Waals surface area contributed by atoms with Crippen LogP contribution >= 0.6 is 0 Å². The highest BCUT2D eigenvalue weighted by Crippen LogP contribution is 2.24. The monoisotopic (exact) mass is 376 g/mol. The number of para-hydroxylation sites is 1. The Morgan fingerprint density at radius 1 is 1.21 bits per heavy atom. The number of rotatable bonds is 6. The van der Waals surface area contributed by atoms with Crippen LogP contribution in [-0.4, -0.2) is 20.4 Å². The summed E-state index contributed by atoms with van der Waals surface area (Å²) in [6.45, 7) is 0. The Morgan fingerprint density at radius 3 is 2.79 bits per heavy atom. The van der Waals surface area contributed by atoms with Gasteiger partial charge in [-0.2, -0.15) is 0 Å². The number of carbonyl (C=O) groups is 1. The fourth-order valence-electron chi connectivity index (χ4n) is 3.47. The molecule has 2 aromatic heterocycles. The highest BCUT2D eigenvalue weighted by molar-refractivity contribution is 5.84. The van der Waals surface area contributed by atoms with Crippen molar-refractivity contribution < 1.29 is 9.18 Å². The van der Waals surface area contributed by atoms with Crippen molar-refractivity contribution in [2.45, 2.75) is 18.9 Å². The molecule has 0 aliphatic heterocycles. The predicted octanol–water partition coefficient (Wildman–Crippen LogP) is 3.88. The number of aromatic amines is 1. The average molecular weight is 376 g/mol. The first-order valence-corrected chi connectivity index (χ1v) is 9.19. The Hall–Kier alpha value is -3.41. The molecule has 1 unspecified atom stereocenters. The van der Waals surface area contributed by atoms with Crippen molar-refractivity contribution in [3.05, 3.63) is 89.9 Å². The number of H-pyrrole nitrogens is 1. The average Bonchev–Trinajstić information content (AvgIpc) is 3.31. The number of hydrogen-bond donors (Lipinski definition) is 2. The topological polar surface area (TPSA) is 62.7 Å². The summed E-state index contributed by atoms with van der Waals surface area (Å²) in [4.78, 5) is 20.2. The van der Waals surface area contributed by atoms with Gasteiger partial charge in [-0.15, -0.1) is 0 Å². The van der Waals surface area contributed by atoms with Crippen LogP contribution in [0.4, 0.5) is 4.39 Å². The van der Waals surface area contributed by atoms with Crippen LogP contribution in [0.2, 0.25) is 0 Å². The van der Waals surface area contributed by atoms with Gasteiger partial charge in [0.15, 0.2) is 0 Å². The maximum absolute atomic E-state index is 14.4. The summed E-state index contributed by atoms with van der Waals surface area (Å²) in [5, 5.41) is 4.07.